The predicted molar refractivity (Wildman–Crippen MR) is 137 cm³/mol. The second-order valence-electron chi connectivity index (χ2n) is 9.26. The smallest absolute Gasteiger partial charge is 0.338 e. The molecule has 0 aliphatic rings. The van der Waals surface area contributed by atoms with Crippen LogP contribution in [0.4, 0.5) is 0 Å². The average molecular weight is 453 g/mol. The monoisotopic (exact) mass is 452 g/mol. The zero-order chi connectivity index (χ0) is 23.7. The van der Waals surface area contributed by atoms with E-state index in [2.05, 4.69) is 23.8 Å². The fourth-order valence-electron chi connectivity index (χ4n) is 4.02. The third-order valence-corrected chi connectivity index (χ3v) is 6.18. The third-order valence-electron chi connectivity index (χ3n) is 6.18. The summed E-state index contributed by atoms with van der Waals surface area (Å²) in [7, 11) is 0. The molecule has 0 aliphatic carbocycles. The van der Waals surface area contributed by atoms with Gasteiger partial charge in [0.2, 0.25) is 0 Å². The van der Waals surface area contributed by atoms with Gasteiger partial charge < -0.3 is 4.74 Å². The molecule has 0 aliphatic heterocycles. The van der Waals surface area contributed by atoms with Crippen molar-refractivity contribution in [3.63, 3.8) is 0 Å². The molecular formula is C29H44N2O2. The van der Waals surface area contributed by atoms with Gasteiger partial charge in [-0.3, -0.25) is 9.97 Å². The minimum atomic E-state index is -0.253. The first-order valence-electron chi connectivity index (χ1n) is 13.3. The molecule has 0 unspecified atom stereocenters. The van der Waals surface area contributed by atoms with E-state index in [1.54, 1.807) is 0 Å². The Bertz CT molecular complexity index is 771. The Balaban J connectivity index is 1.73. The number of aromatic nitrogens is 2. The highest BCUT2D eigenvalue weighted by Gasteiger charge is 2.12. The number of carbonyl (C=O) groups excluding carboxylic acids is 1. The molecule has 1 heterocycles. The fraction of sp³-hybridized carbons (Fsp3) is 0.621. The van der Waals surface area contributed by atoms with Gasteiger partial charge in [-0.15, -0.1) is 0 Å². The van der Waals surface area contributed by atoms with Gasteiger partial charge in [-0.2, -0.15) is 0 Å². The Hall–Kier alpha value is -2.23. The number of aryl methyl sites for hydroxylation is 1. The first-order valence-corrected chi connectivity index (χ1v) is 13.3. The van der Waals surface area contributed by atoms with Crippen LogP contribution < -0.4 is 0 Å². The quantitative estimate of drug-likeness (QED) is 0.179. The summed E-state index contributed by atoms with van der Waals surface area (Å²) in [6, 6.07) is 7.48. The maximum atomic E-state index is 12.4. The summed E-state index contributed by atoms with van der Waals surface area (Å²) in [5.41, 5.74) is 3.43. The van der Waals surface area contributed by atoms with Crippen LogP contribution in [-0.4, -0.2) is 22.0 Å². The highest BCUT2D eigenvalue weighted by atomic mass is 16.5. The lowest BCUT2D eigenvalue weighted by atomic mass is 10.1. The summed E-state index contributed by atoms with van der Waals surface area (Å²) in [5.74, 6) is -0.253. The second kappa shape index (κ2) is 16.4. The largest absolute Gasteiger partial charge is 0.459 e. The summed E-state index contributed by atoms with van der Waals surface area (Å²) in [4.78, 5) is 21.6. The summed E-state index contributed by atoms with van der Waals surface area (Å²) in [5, 5.41) is 0. The predicted octanol–water partition coefficient (Wildman–Crippen LogP) is 8.34. The summed E-state index contributed by atoms with van der Waals surface area (Å²) in [6.45, 7) is 6.43. The first-order chi connectivity index (χ1) is 16.1. The number of rotatable bonds is 17. The van der Waals surface area contributed by atoms with Crippen molar-refractivity contribution in [2.45, 2.75) is 117 Å². The molecule has 0 fully saturated rings. The van der Waals surface area contributed by atoms with Gasteiger partial charge in [-0.1, -0.05) is 90.2 Å². The first kappa shape index (κ1) is 27.0. The van der Waals surface area contributed by atoms with E-state index in [4.69, 9.17) is 4.74 Å². The van der Waals surface area contributed by atoms with E-state index in [-0.39, 0.29) is 12.1 Å². The molecule has 4 nitrogen and oxygen atoms in total. The number of hydrogen-bond acceptors (Lipinski definition) is 4. The summed E-state index contributed by atoms with van der Waals surface area (Å²) in [6.07, 6.45) is 20.9. The maximum Gasteiger partial charge on any atom is 0.338 e. The number of carbonyl (C=O) groups is 1. The molecule has 33 heavy (non-hydrogen) atoms. The minimum absolute atomic E-state index is 0.0477. The van der Waals surface area contributed by atoms with Gasteiger partial charge in [0.05, 0.1) is 29.3 Å². The van der Waals surface area contributed by atoms with Crippen molar-refractivity contribution in [2.75, 3.05) is 0 Å². The van der Waals surface area contributed by atoms with Gasteiger partial charge in [-0.25, -0.2) is 4.79 Å². The lowest BCUT2D eigenvalue weighted by molar-refractivity contribution is 0.0319. The molecule has 2 rings (SSSR count). The normalized spacial score (nSPS) is 12.0. The molecule has 2 aromatic rings. The highest BCUT2D eigenvalue weighted by molar-refractivity contribution is 5.90. The average Bonchev–Trinajstić information content (AvgIpc) is 2.84. The zero-order valence-electron chi connectivity index (χ0n) is 21.2. The number of unbranched alkanes of at least 4 members (excludes halogenated alkanes) is 10. The molecular weight excluding hydrogens is 408 g/mol. The summed E-state index contributed by atoms with van der Waals surface area (Å²) < 4.78 is 5.59. The fourth-order valence-corrected chi connectivity index (χ4v) is 4.02. The molecule has 0 amide bonds. The Kier molecular flexibility index (Phi) is 13.4. The van der Waals surface area contributed by atoms with Crippen LogP contribution in [0.25, 0.3) is 11.3 Å². The number of benzene rings is 1. The SMILES string of the molecule is CCCCCCCCCCc1cnc(-c2ccc(C(=O)O[C@H](C)CCCCCC)cc2)cn1. The molecule has 4 heteroatoms. The summed E-state index contributed by atoms with van der Waals surface area (Å²) >= 11 is 0. The Morgan fingerprint density at radius 3 is 2.00 bits per heavy atom. The minimum Gasteiger partial charge on any atom is -0.459 e. The van der Waals surface area contributed by atoms with Crippen molar-refractivity contribution in [1.29, 1.82) is 0 Å². The standard InChI is InChI=1S/C29H44N2O2/c1-4-6-8-10-11-12-13-15-17-27-22-31-28(23-30-27)25-18-20-26(21-19-25)29(32)33-24(3)16-14-9-7-5-2/h18-24H,4-17H2,1-3H3/t24-/m1/s1. The Morgan fingerprint density at radius 2 is 1.39 bits per heavy atom. The Morgan fingerprint density at radius 1 is 0.788 bits per heavy atom. The van der Waals surface area contributed by atoms with Crippen LogP contribution in [0.2, 0.25) is 0 Å². The Labute approximate surface area is 201 Å². The number of esters is 1. The van der Waals surface area contributed by atoms with Gasteiger partial charge in [0.1, 0.15) is 0 Å². The van der Waals surface area contributed by atoms with Crippen LogP contribution in [-0.2, 0) is 11.2 Å². The molecule has 0 bridgehead atoms. The number of nitrogens with zero attached hydrogens (tertiary/aromatic N) is 2. The van der Waals surface area contributed by atoms with Crippen LogP contribution in [0, 0.1) is 0 Å². The van der Waals surface area contributed by atoms with Crippen LogP contribution in [0.3, 0.4) is 0 Å². The lowest BCUT2D eigenvalue weighted by Crippen LogP contribution is -2.15. The van der Waals surface area contributed by atoms with E-state index < -0.39 is 0 Å². The van der Waals surface area contributed by atoms with Crippen LogP contribution in [0.15, 0.2) is 36.7 Å². The maximum absolute atomic E-state index is 12.4. The zero-order valence-corrected chi connectivity index (χ0v) is 21.2. The second-order valence-corrected chi connectivity index (χ2v) is 9.26. The molecule has 0 N–H and O–H groups in total. The molecule has 0 saturated carbocycles. The van der Waals surface area contributed by atoms with Crippen LogP contribution in [0.5, 0.6) is 0 Å². The van der Waals surface area contributed by atoms with Crippen molar-refractivity contribution in [3.05, 3.63) is 47.9 Å². The molecule has 1 aromatic heterocycles. The van der Waals surface area contributed by atoms with Crippen molar-refractivity contribution in [3.8, 4) is 11.3 Å². The molecule has 182 valence electrons. The van der Waals surface area contributed by atoms with Crippen LogP contribution in [0.1, 0.15) is 120 Å². The van der Waals surface area contributed by atoms with Gasteiger partial charge in [-0.05, 0) is 44.7 Å². The van der Waals surface area contributed by atoms with E-state index in [9.17, 15) is 4.79 Å². The van der Waals surface area contributed by atoms with Crippen LogP contribution >= 0.6 is 0 Å². The van der Waals surface area contributed by atoms with Gasteiger partial charge in [0, 0.05) is 11.8 Å². The number of hydrogen-bond donors (Lipinski definition) is 0. The van der Waals surface area contributed by atoms with Crippen molar-refractivity contribution >= 4 is 5.97 Å². The molecule has 0 spiro atoms. The van der Waals surface area contributed by atoms with Crippen molar-refractivity contribution < 1.29 is 9.53 Å². The molecule has 0 saturated heterocycles. The molecule has 0 radical (unpaired) electrons. The van der Waals surface area contributed by atoms with Gasteiger partial charge in [0.15, 0.2) is 0 Å². The van der Waals surface area contributed by atoms with Crippen molar-refractivity contribution in [2.24, 2.45) is 0 Å². The van der Waals surface area contributed by atoms with E-state index in [0.717, 1.165) is 36.2 Å². The van der Waals surface area contributed by atoms with E-state index in [1.807, 2.05) is 43.6 Å². The topological polar surface area (TPSA) is 52.1 Å². The van der Waals surface area contributed by atoms with Gasteiger partial charge in [0.25, 0.3) is 0 Å². The third kappa shape index (κ3) is 11.0. The lowest BCUT2D eigenvalue weighted by Gasteiger charge is -2.13. The molecule has 1 aromatic carbocycles. The van der Waals surface area contributed by atoms with E-state index in [0.29, 0.717) is 5.56 Å². The van der Waals surface area contributed by atoms with Crippen molar-refractivity contribution in [1.82, 2.24) is 9.97 Å². The van der Waals surface area contributed by atoms with Gasteiger partial charge >= 0.3 is 5.97 Å². The number of ether oxygens (including phenoxy) is 1. The molecule has 1 atom stereocenters. The highest BCUT2D eigenvalue weighted by Crippen LogP contribution is 2.19. The van der Waals surface area contributed by atoms with E-state index in [1.165, 1.54) is 70.6 Å². The van der Waals surface area contributed by atoms with E-state index >= 15 is 0 Å².